The molecule has 2 aromatic heterocycles. The first-order chi connectivity index (χ1) is 11.4. The molecule has 0 aliphatic heterocycles. The number of carbonyl (C=O) groups is 1. The van der Waals surface area contributed by atoms with Gasteiger partial charge in [0.25, 0.3) is 0 Å². The molecule has 0 radical (unpaired) electrons. The maximum absolute atomic E-state index is 12.4. The maximum Gasteiger partial charge on any atom is 0.230 e. The van der Waals surface area contributed by atoms with Crippen LogP contribution in [0.25, 0.3) is 16.9 Å². The van der Waals surface area contributed by atoms with Crippen molar-refractivity contribution in [1.82, 2.24) is 14.8 Å². The van der Waals surface area contributed by atoms with Gasteiger partial charge in [-0.25, -0.2) is 4.68 Å². The zero-order valence-electron chi connectivity index (χ0n) is 14.0. The molecule has 5 heteroatoms. The summed E-state index contributed by atoms with van der Waals surface area (Å²) in [7, 11) is 0. The second kappa shape index (κ2) is 6.28. The van der Waals surface area contributed by atoms with Crippen LogP contribution in [0.1, 0.15) is 20.8 Å². The Balaban J connectivity index is 2.05. The van der Waals surface area contributed by atoms with Crippen LogP contribution in [0.4, 0.5) is 5.82 Å². The Morgan fingerprint density at radius 2 is 1.71 bits per heavy atom. The first-order valence-electron chi connectivity index (χ1n) is 7.82. The van der Waals surface area contributed by atoms with Gasteiger partial charge in [-0.1, -0.05) is 39.0 Å². The zero-order chi connectivity index (χ0) is 17.2. The Morgan fingerprint density at radius 1 is 1.04 bits per heavy atom. The van der Waals surface area contributed by atoms with E-state index < -0.39 is 5.41 Å². The highest BCUT2D eigenvalue weighted by atomic mass is 16.2. The molecule has 0 bridgehead atoms. The average molecular weight is 320 g/mol. The fourth-order valence-electron chi connectivity index (χ4n) is 2.20. The summed E-state index contributed by atoms with van der Waals surface area (Å²) in [4.78, 5) is 16.4. The van der Waals surface area contributed by atoms with Crippen molar-refractivity contribution in [2.45, 2.75) is 20.8 Å². The van der Waals surface area contributed by atoms with E-state index in [1.54, 1.807) is 17.1 Å². The molecule has 5 nitrogen and oxygen atoms in total. The molecule has 0 aliphatic rings. The predicted octanol–water partition coefficient (Wildman–Crippen LogP) is 3.92. The number of carbonyl (C=O) groups excluding carboxylic acids is 1. The molecule has 1 N–H and O–H groups in total. The molecular formula is C19H20N4O. The van der Waals surface area contributed by atoms with Gasteiger partial charge in [-0.05, 0) is 24.3 Å². The summed E-state index contributed by atoms with van der Waals surface area (Å²) in [5, 5.41) is 7.64. The summed E-state index contributed by atoms with van der Waals surface area (Å²) < 4.78 is 1.75. The Hall–Kier alpha value is -2.95. The lowest BCUT2D eigenvalue weighted by atomic mass is 9.96. The smallest absolute Gasteiger partial charge is 0.230 e. The van der Waals surface area contributed by atoms with E-state index in [2.05, 4.69) is 15.4 Å². The monoisotopic (exact) mass is 320 g/mol. The van der Waals surface area contributed by atoms with E-state index in [-0.39, 0.29) is 5.91 Å². The lowest BCUT2D eigenvalue weighted by molar-refractivity contribution is -0.123. The highest BCUT2D eigenvalue weighted by Crippen LogP contribution is 2.26. The topological polar surface area (TPSA) is 59.8 Å². The maximum atomic E-state index is 12.4. The molecule has 1 amide bonds. The molecule has 24 heavy (non-hydrogen) atoms. The summed E-state index contributed by atoms with van der Waals surface area (Å²) in [5.41, 5.74) is 2.14. The molecule has 0 saturated carbocycles. The standard InChI is InChI=1S/C19H20N4O/c1-19(2,3)18(24)21-17-13-16(14-9-11-20-12-10-14)22-23(17)15-7-5-4-6-8-15/h4-13H,1-3H3,(H,21,24). The van der Waals surface area contributed by atoms with Crippen LogP contribution in [0, 0.1) is 5.41 Å². The summed E-state index contributed by atoms with van der Waals surface area (Å²) in [6.07, 6.45) is 3.45. The van der Waals surface area contributed by atoms with Crippen molar-refractivity contribution in [3.05, 3.63) is 60.9 Å². The number of nitrogens with zero attached hydrogens (tertiary/aromatic N) is 3. The van der Waals surface area contributed by atoms with Crippen LogP contribution in [0.5, 0.6) is 0 Å². The highest BCUT2D eigenvalue weighted by molar-refractivity contribution is 5.94. The van der Waals surface area contributed by atoms with Gasteiger partial charge >= 0.3 is 0 Å². The summed E-state index contributed by atoms with van der Waals surface area (Å²) in [6.45, 7) is 5.65. The third kappa shape index (κ3) is 3.35. The third-order valence-corrected chi connectivity index (χ3v) is 3.61. The molecule has 1 aromatic carbocycles. The Morgan fingerprint density at radius 3 is 2.33 bits per heavy atom. The van der Waals surface area contributed by atoms with Gasteiger partial charge in [0.1, 0.15) is 5.82 Å². The lowest BCUT2D eigenvalue weighted by Crippen LogP contribution is -2.28. The molecule has 0 atom stereocenters. The fraction of sp³-hybridized carbons (Fsp3) is 0.211. The molecule has 0 saturated heterocycles. The van der Waals surface area contributed by atoms with E-state index in [9.17, 15) is 4.79 Å². The zero-order valence-corrected chi connectivity index (χ0v) is 14.0. The predicted molar refractivity (Wildman–Crippen MR) is 94.9 cm³/mol. The van der Waals surface area contributed by atoms with Gasteiger partial charge in [0, 0.05) is 29.4 Å². The van der Waals surface area contributed by atoms with E-state index in [1.165, 1.54) is 0 Å². The number of pyridine rings is 1. The number of aromatic nitrogens is 3. The summed E-state index contributed by atoms with van der Waals surface area (Å²) in [6, 6.07) is 15.4. The van der Waals surface area contributed by atoms with Crippen LogP contribution in [-0.2, 0) is 4.79 Å². The van der Waals surface area contributed by atoms with Crippen LogP contribution in [-0.4, -0.2) is 20.7 Å². The largest absolute Gasteiger partial charge is 0.310 e. The summed E-state index contributed by atoms with van der Waals surface area (Å²) >= 11 is 0. The number of rotatable bonds is 3. The van der Waals surface area contributed by atoms with Crippen LogP contribution in [0.15, 0.2) is 60.9 Å². The molecule has 0 aliphatic carbocycles. The number of para-hydroxylation sites is 1. The van der Waals surface area contributed by atoms with Crippen LogP contribution >= 0.6 is 0 Å². The number of amides is 1. The Bertz CT molecular complexity index is 833. The quantitative estimate of drug-likeness (QED) is 0.795. The molecule has 122 valence electrons. The van der Waals surface area contributed by atoms with Crippen molar-refractivity contribution in [3.63, 3.8) is 0 Å². The van der Waals surface area contributed by atoms with Crippen LogP contribution < -0.4 is 5.32 Å². The van der Waals surface area contributed by atoms with Crippen molar-refractivity contribution < 1.29 is 4.79 Å². The Labute approximate surface area is 141 Å². The molecule has 3 aromatic rings. The van der Waals surface area contributed by atoms with Gasteiger partial charge in [0.2, 0.25) is 5.91 Å². The van der Waals surface area contributed by atoms with Crippen molar-refractivity contribution in [2.24, 2.45) is 5.41 Å². The Kier molecular flexibility index (Phi) is 4.16. The molecule has 0 unspecified atom stereocenters. The van der Waals surface area contributed by atoms with E-state index in [0.29, 0.717) is 5.82 Å². The first-order valence-corrected chi connectivity index (χ1v) is 7.82. The second-order valence-corrected chi connectivity index (χ2v) is 6.60. The number of hydrogen-bond acceptors (Lipinski definition) is 3. The molecule has 0 spiro atoms. The van der Waals surface area contributed by atoms with E-state index in [4.69, 9.17) is 0 Å². The average Bonchev–Trinajstić information content (AvgIpc) is 2.99. The normalized spacial score (nSPS) is 11.3. The van der Waals surface area contributed by atoms with Gasteiger partial charge < -0.3 is 5.32 Å². The van der Waals surface area contributed by atoms with Crippen molar-refractivity contribution in [3.8, 4) is 16.9 Å². The lowest BCUT2D eigenvalue weighted by Gasteiger charge is -2.18. The molecule has 3 rings (SSSR count). The van der Waals surface area contributed by atoms with Crippen LogP contribution in [0.2, 0.25) is 0 Å². The minimum Gasteiger partial charge on any atom is -0.310 e. The fourth-order valence-corrected chi connectivity index (χ4v) is 2.20. The minimum atomic E-state index is -0.484. The van der Waals surface area contributed by atoms with Gasteiger partial charge in [0.15, 0.2) is 0 Å². The van der Waals surface area contributed by atoms with Gasteiger partial charge in [-0.15, -0.1) is 0 Å². The SMILES string of the molecule is CC(C)(C)C(=O)Nc1cc(-c2ccncc2)nn1-c1ccccc1. The highest BCUT2D eigenvalue weighted by Gasteiger charge is 2.23. The van der Waals surface area contributed by atoms with Crippen molar-refractivity contribution >= 4 is 11.7 Å². The molecule has 0 fully saturated rings. The first kappa shape index (κ1) is 15.9. The van der Waals surface area contributed by atoms with Gasteiger partial charge in [0.05, 0.1) is 11.4 Å². The molecule has 2 heterocycles. The second-order valence-electron chi connectivity index (χ2n) is 6.60. The van der Waals surface area contributed by atoms with Gasteiger partial charge in [-0.3, -0.25) is 9.78 Å². The van der Waals surface area contributed by atoms with Crippen molar-refractivity contribution in [1.29, 1.82) is 0 Å². The molecular weight excluding hydrogens is 300 g/mol. The number of benzene rings is 1. The summed E-state index contributed by atoms with van der Waals surface area (Å²) in [5.74, 6) is 0.591. The van der Waals surface area contributed by atoms with Crippen LogP contribution in [0.3, 0.4) is 0 Å². The minimum absolute atomic E-state index is 0.0548. The van der Waals surface area contributed by atoms with E-state index in [1.807, 2.05) is 69.3 Å². The number of anilines is 1. The number of hydrogen-bond donors (Lipinski definition) is 1. The van der Waals surface area contributed by atoms with E-state index >= 15 is 0 Å². The van der Waals surface area contributed by atoms with Gasteiger partial charge in [-0.2, -0.15) is 5.10 Å². The number of nitrogens with one attached hydrogen (secondary N) is 1. The van der Waals surface area contributed by atoms with E-state index in [0.717, 1.165) is 16.9 Å². The van der Waals surface area contributed by atoms with Crippen molar-refractivity contribution in [2.75, 3.05) is 5.32 Å². The third-order valence-electron chi connectivity index (χ3n) is 3.61.